The third kappa shape index (κ3) is 5.75. The minimum Gasteiger partial charge on any atom is -0.465 e. The van der Waals surface area contributed by atoms with Crippen LogP contribution >= 0.6 is 0 Å². The lowest BCUT2D eigenvalue weighted by Crippen LogP contribution is -2.46. The highest BCUT2D eigenvalue weighted by molar-refractivity contribution is 5.97. The summed E-state index contributed by atoms with van der Waals surface area (Å²) < 4.78 is 34.0. The van der Waals surface area contributed by atoms with E-state index in [-0.39, 0.29) is 29.1 Å². The monoisotopic (exact) mass is 543 g/mol. The molecule has 1 fully saturated rings. The van der Waals surface area contributed by atoms with E-state index in [1.807, 2.05) is 12.1 Å². The summed E-state index contributed by atoms with van der Waals surface area (Å²) in [5.41, 5.74) is 2.05. The molecule has 1 aliphatic rings. The fraction of sp³-hybridized carbons (Fsp3) is 0.200. The SMILES string of the molecule is COC(=O)c1c(F)cccc1-c1ccc(CNC(=O)c2ccnc(N3CCN(c4ccncc4)CC3)c2)c(F)c1. The zero-order valence-corrected chi connectivity index (χ0v) is 21.8. The summed E-state index contributed by atoms with van der Waals surface area (Å²) in [6, 6.07) is 15.7. The first-order valence-corrected chi connectivity index (χ1v) is 12.7. The lowest BCUT2D eigenvalue weighted by Gasteiger charge is -2.36. The molecule has 1 aliphatic heterocycles. The van der Waals surface area contributed by atoms with E-state index in [1.165, 1.54) is 24.3 Å². The first-order chi connectivity index (χ1) is 19.4. The Kier molecular flexibility index (Phi) is 7.95. The van der Waals surface area contributed by atoms with Crippen molar-refractivity contribution in [3.05, 3.63) is 108 Å². The molecule has 0 spiro atoms. The molecule has 5 rings (SSSR count). The number of esters is 1. The lowest BCUT2D eigenvalue weighted by atomic mass is 9.98. The number of pyridine rings is 2. The van der Waals surface area contributed by atoms with Gasteiger partial charge in [0.15, 0.2) is 0 Å². The fourth-order valence-electron chi connectivity index (χ4n) is 4.69. The van der Waals surface area contributed by atoms with E-state index >= 15 is 0 Å². The number of ether oxygens (including phenoxy) is 1. The Balaban J connectivity index is 1.23. The van der Waals surface area contributed by atoms with E-state index in [4.69, 9.17) is 0 Å². The first kappa shape index (κ1) is 26.7. The third-order valence-corrected chi connectivity index (χ3v) is 6.85. The minimum atomic E-state index is -0.850. The zero-order valence-electron chi connectivity index (χ0n) is 21.8. The van der Waals surface area contributed by atoms with Crippen LogP contribution in [0.3, 0.4) is 0 Å². The Labute approximate surface area is 230 Å². The molecule has 0 bridgehead atoms. The molecule has 0 aliphatic carbocycles. The summed E-state index contributed by atoms with van der Waals surface area (Å²) in [6.45, 7) is 3.07. The second-order valence-corrected chi connectivity index (χ2v) is 9.23. The number of rotatable bonds is 7. The molecule has 1 N–H and O–H groups in total. The number of hydrogen-bond donors (Lipinski definition) is 1. The molecule has 3 heterocycles. The van der Waals surface area contributed by atoms with Gasteiger partial charge < -0.3 is 19.9 Å². The Hall–Kier alpha value is -4.86. The van der Waals surface area contributed by atoms with Crippen LogP contribution in [0.25, 0.3) is 11.1 Å². The van der Waals surface area contributed by atoms with Crippen molar-refractivity contribution in [1.82, 2.24) is 15.3 Å². The van der Waals surface area contributed by atoms with E-state index in [9.17, 15) is 18.4 Å². The number of hydrogen-bond acceptors (Lipinski definition) is 7. The molecular formula is C30H27F2N5O3. The van der Waals surface area contributed by atoms with Gasteiger partial charge in [0.25, 0.3) is 5.91 Å². The Morgan fingerprint density at radius 3 is 2.38 bits per heavy atom. The number of amides is 1. The van der Waals surface area contributed by atoms with Crippen molar-refractivity contribution in [3.8, 4) is 11.1 Å². The molecule has 0 saturated carbocycles. The lowest BCUT2D eigenvalue weighted by molar-refractivity contribution is 0.0596. The maximum absolute atomic E-state index is 15.0. The van der Waals surface area contributed by atoms with Crippen molar-refractivity contribution in [2.24, 2.45) is 0 Å². The standard InChI is InChI=1S/C30H27F2N5O3/c1-40-30(39)28-24(3-2-4-25(28)31)20-5-6-22(26(32)17-20)19-35-29(38)21-7-12-34-27(18-21)37-15-13-36(14-16-37)23-8-10-33-11-9-23/h2-12,17-18H,13-16,19H2,1H3,(H,35,38). The number of halogens is 2. The molecule has 204 valence electrons. The van der Waals surface area contributed by atoms with Crippen LogP contribution in [-0.4, -0.2) is 55.1 Å². The van der Waals surface area contributed by atoms with E-state index < -0.39 is 17.6 Å². The largest absolute Gasteiger partial charge is 0.465 e. The van der Waals surface area contributed by atoms with Crippen molar-refractivity contribution in [3.63, 3.8) is 0 Å². The van der Waals surface area contributed by atoms with Crippen molar-refractivity contribution in [2.75, 3.05) is 43.1 Å². The molecule has 1 saturated heterocycles. The highest BCUT2D eigenvalue weighted by Crippen LogP contribution is 2.28. The summed E-state index contributed by atoms with van der Waals surface area (Å²) >= 11 is 0. The average Bonchev–Trinajstić information content (AvgIpc) is 3.00. The molecule has 10 heteroatoms. The number of nitrogens with one attached hydrogen (secondary N) is 1. The predicted octanol–water partition coefficient (Wildman–Crippen LogP) is 4.47. The second-order valence-electron chi connectivity index (χ2n) is 9.23. The van der Waals surface area contributed by atoms with Gasteiger partial charge in [-0.2, -0.15) is 0 Å². The summed E-state index contributed by atoms with van der Waals surface area (Å²) in [5.74, 6) is -1.86. The van der Waals surface area contributed by atoms with E-state index in [0.717, 1.165) is 45.0 Å². The van der Waals surface area contributed by atoms with E-state index in [2.05, 4.69) is 29.8 Å². The van der Waals surface area contributed by atoms with E-state index in [0.29, 0.717) is 16.9 Å². The molecule has 2 aromatic heterocycles. The number of aromatic nitrogens is 2. The Morgan fingerprint density at radius 2 is 1.65 bits per heavy atom. The summed E-state index contributed by atoms with van der Waals surface area (Å²) in [6.07, 6.45) is 5.14. The van der Waals surface area contributed by atoms with Crippen LogP contribution in [0.1, 0.15) is 26.3 Å². The number of piperazine rings is 1. The number of carbonyl (C=O) groups is 2. The second kappa shape index (κ2) is 11.9. The molecule has 0 atom stereocenters. The van der Waals surface area contributed by atoms with Gasteiger partial charge >= 0.3 is 5.97 Å². The van der Waals surface area contributed by atoms with Crippen LogP contribution in [0.5, 0.6) is 0 Å². The van der Waals surface area contributed by atoms with Gasteiger partial charge in [-0.1, -0.05) is 24.3 Å². The van der Waals surface area contributed by atoms with Crippen LogP contribution in [0.15, 0.2) is 79.3 Å². The van der Waals surface area contributed by atoms with Gasteiger partial charge in [0, 0.05) is 68.1 Å². The Morgan fingerprint density at radius 1 is 0.900 bits per heavy atom. The number of methoxy groups -OCH3 is 1. The van der Waals surface area contributed by atoms with Crippen LogP contribution in [0.4, 0.5) is 20.3 Å². The van der Waals surface area contributed by atoms with Gasteiger partial charge in [-0.25, -0.2) is 18.6 Å². The fourth-order valence-corrected chi connectivity index (χ4v) is 4.69. The number of carbonyl (C=O) groups excluding carboxylic acids is 2. The summed E-state index contributed by atoms with van der Waals surface area (Å²) in [5, 5.41) is 2.75. The first-order valence-electron chi connectivity index (χ1n) is 12.7. The number of benzene rings is 2. The molecular weight excluding hydrogens is 516 g/mol. The highest BCUT2D eigenvalue weighted by Gasteiger charge is 2.21. The van der Waals surface area contributed by atoms with Gasteiger partial charge in [0.05, 0.1) is 7.11 Å². The van der Waals surface area contributed by atoms with Crippen molar-refractivity contribution in [2.45, 2.75) is 6.54 Å². The van der Waals surface area contributed by atoms with Crippen LogP contribution in [0, 0.1) is 11.6 Å². The number of nitrogens with zero attached hydrogens (tertiary/aromatic N) is 4. The van der Waals surface area contributed by atoms with Gasteiger partial charge in [0.1, 0.15) is 23.0 Å². The Bertz CT molecular complexity index is 1530. The quantitative estimate of drug-likeness (QED) is 0.344. The highest BCUT2D eigenvalue weighted by atomic mass is 19.1. The average molecular weight is 544 g/mol. The van der Waals surface area contributed by atoms with Crippen LogP contribution in [0.2, 0.25) is 0 Å². The smallest absolute Gasteiger partial charge is 0.341 e. The normalized spacial score (nSPS) is 13.2. The van der Waals surface area contributed by atoms with Gasteiger partial charge in [-0.15, -0.1) is 0 Å². The molecule has 1 amide bonds. The maximum atomic E-state index is 15.0. The van der Waals surface area contributed by atoms with Gasteiger partial charge in [-0.3, -0.25) is 9.78 Å². The topological polar surface area (TPSA) is 87.7 Å². The van der Waals surface area contributed by atoms with E-state index in [1.54, 1.807) is 36.8 Å². The molecule has 40 heavy (non-hydrogen) atoms. The third-order valence-electron chi connectivity index (χ3n) is 6.85. The minimum absolute atomic E-state index is 0.0553. The van der Waals surface area contributed by atoms with Crippen molar-refractivity contribution < 1.29 is 23.1 Å². The molecule has 2 aromatic carbocycles. The molecule has 8 nitrogen and oxygen atoms in total. The van der Waals surface area contributed by atoms with Crippen LogP contribution < -0.4 is 15.1 Å². The number of anilines is 2. The molecule has 0 unspecified atom stereocenters. The summed E-state index contributed by atoms with van der Waals surface area (Å²) in [4.78, 5) is 37.9. The molecule has 0 radical (unpaired) electrons. The van der Waals surface area contributed by atoms with Crippen molar-refractivity contribution >= 4 is 23.4 Å². The summed E-state index contributed by atoms with van der Waals surface area (Å²) in [7, 11) is 1.15. The van der Waals surface area contributed by atoms with Gasteiger partial charge in [-0.05, 0) is 47.5 Å². The van der Waals surface area contributed by atoms with Crippen molar-refractivity contribution in [1.29, 1.82) is 0 Å². The zero-order chi connectivity index (χ0) is 28.1. The van der Waals surface area contributed by atoms with Gasteiger partial charge in [0.2, 0.25) is 0 Å². The molecule has 4 aromatic rings. The predicted molar refractivity (Wildman–Crippen MR) is 147 cm³/mol. The maximum Gasteiger partial charge on any atom is 0.341 e. The van der Waals surface area contributed by atoms with Crippen LogP contribution in [-0.2, 0) is 11.3 Å².